The zero-order valence-electron chi connectivity index (χ0n) is 18.4. The molecule has 2 aromatic rings. The summed E-state index contributed by atoms with van der Waals surface area (Å²) in [5, 5.41) is 3.04. The van der Waals surface area contributed by atoms with Crippen molar-refractivity contribution in [3.05, 3.63) is 28.5 Å². The van der Waals surface area contributed by atoms with Gasteiger partial charge >= 0.3 is 5.97 Å². The number of nitrogens with one attached hydrogen (secondary N) is 1. The Morgan fingerprint density at radius 2 is 1.87 bits per heavy atom. The van der Waals surface area contributed by atoms with E-state index in [9.17, 15) is 14.4 Å². The highest BCUT2D eigenvalue weighted by Gasteiger charge is 2.36. The Kier molecular flexibility index (Phi) is 6.91. The molecular formula is C22H29N5O4. The average molecular weight is 428 g/mol. The van der Waals surface area contributed by atoms with E-state index in [1.807, 2.05) is 0 Å². The van der Waals surface area contributed by atoms with Crippen LogP contribution in [0.3, 0.4) is 0 Å². The van der Waals surface area contributed by atoms with E-state index in [4.69, 9.17) is 11.3 Å². The molecule has 1 aliphatic rings. The van der Waals surface area contributed by atoms with Crippen molar-refractivity contribution in [1.29, 1.82) is 0 Å². The highest BCUT2D eigenvalue weighted by Crippen LogP contribution is 2.37. The second kappa shape index (κ2) is 9.43. The van der Waals surface area contributed by atoms with E-state index in [1.165, 1.54) is 0 Å². The number of aldehydes is 2. The predicted octanol–water partition coefficient (Wildman–Crippen LogP) is 2.95. The zero-order valence-corrected chi connectivity index (χ0v) is 18.4. The predicted molar refractivity (Wildman–Crippen MR) is 114 cm³/mol. The molecule has 1 aliphatic carbocycles. The molecule has 0 aliphatic heterocycles. The summed E-state index contributed by atoms with van der Waals surface area (Å²) in [4.78, 5) is 44.9. The fourth-order valence-corrected chi connectivity index (χ4v) is 4.86. The van der Waals surface area contributed by atoms with Gasteiger partial charge in [0, 0.05) is 6.54 Å². The van der Waals surface area contributed by atoms with Crippen LogP contribution in [0.2, 0.25) is 0 Å². The van der Waals surface area contributed by atoms with Crippen molar-refractivity contribution < 1.29 is 19.1 Å². The van der Waals surface area contributed by atoms with E-state index < -0.39 is 5.97 Å². The largest absolute Gasteiger partial charge is 0.459 e. The minimum absolute atomic E-state index is 0.0333. The third-order valence-electron chi connectivity index (χ3n) is 6.03. The maximum Gasteiger partial charge on any atom is 0.331 e. The lowest BCUT2D eigenvalue weighted by Gasteiger charge is -2.37. The van der Waals surface area contributed by atoms with Crippen LogP contribution in [0.15, 0.2) is 0 Å². The van der Waals surface area contributed by atoms with Gasteiger partial charge in [0.2, 0.25) is 5.69 Å². The molecule has 0 saturated heterocycles. The molecule has 2 atom stereocenters. The van der Waals surface area contributed by atoms with Gasteiger partial charge < -0.3 is 14.3 Å². The van der Waals surface area contributed by atoms with Crippen LogP contribution in [0, 0.1) is 31.2 Å². The summed E-state index contributed by atoms with van der Waals surface area (Å²) in [6.45, 7) is 16.1. The van der Waals surface area contributed by atoms with Crippen molar-refractivity contribution in [2.45, 2.75) is 53.2 Å². The molecule has 166 valence electrons. The number of ether oxygens (including phenoxy) is 1. The van der Waals surface area contributed by atoms with Gasteiger partial charge in [0.05, 0.1) is 25.4 Å². The molecule has 3 rings (SSSR count). The quantitative estimate of drug-likeness (QED) is 0.395. The normalized spacial score (nSPS) is 23.6. The van der Waals surface area contributed by atoms with E-state index in [-0.39, 0.29) is 48.8 Å². The molecule has 2 heterocycles. The minimum atomic E-state index is -0.558. The Hall–Kier alpha value is -2.99. The molecule has 0 bridgehead atoms. The Morgan fingerprint density at radius 1 is 1.26 bits per heavy atom. The summed E-state index contributed by atoms with van der Waals surface area (Å²) >= 11 is 0. The fraction of sp³-hybridized carbons (Fsp3) is 0.591. The Bertz CT molecular complexity index is 995. The van der Waals surface area contributed by atoms with Crippen LogP contribution >= 0.6 is 0 Å². The van der Waals surface area contributed by atoms with Crippen LogP contribution in [0.25, 0.3) is 10.5 Å². The highest BCUT2D eigenvalue weighted by molar-refractivity contribution is 6.03. The minimum Gasteiger partial charge on any atom is -0.459 e. The van der Waals surface area contributed by atoms with Gasteiger partial charge in [-0.05, 0) is 37.5 Å². The number of rotatable bonds is 8. The van der Waals surface area contributed by atoms with Gasteiger partial charge in [0.15, 0.2) is 5.65 Å². The summed E-state index contributed by atoms with van der Waals surface area (Å²) in [6.07, 6.45) is 3.16. The number of fused-ring (bicyclic) bond motifs is 1. The zero-order chi connectivity index (χ0) is 22.7. The van der Waals surface area contributed by atoms with Crippen LogP contribution in [-0.2, 0) is 20.9 Å². The summed E-state index contributed by atoms with van der Waals surface area (Å²) < 4.78 is 7.53. The van der Waals surface area contributed by atoms with Gasteiger partial charge in [-0.3, -0.25) is 14.5 Å². The average Bonchev–Trinajstić information content (AvgIpc) is 3.20. The van der Waals surface area contributed by atoms with Crippen LogP contribution in [-0.4, -0.2) is 57.2 Å². The maximum atomic E-state index is 13.3. The molecule has 0 aromatic carbocycles. The number of hydrogen-bond acceptors (Lipinski definition) is 6. The van der Waals surface area contributed by atoms with Crippen molar-refractivity contribution in [3.63, 3.8) is 0 Å². The molecule has 2 aromatic heterocycles. The first kappa shape index (κ1) is 22.7. The van der Waals surface area contributed by atoms with Crippen LogP contribution in [0.4, 0.5) is 5.69 Å². The second-order valence-corrected chi connectivity index (χ2v) is 8.68. The SMILES string of the molecule is [C-]#[N+]c1c(C(=O)OC2C(C)CC(C)CC2C)c2nc(C)[nH]n2c1CN(CC=O)CC=O. The lowest BCUT2D eigenvalue weighted by atomic mass is 9.75. The monoisotopic (exact) mass is 427 g/mol. The number of hydrogen-bond donors (Lipinski definition) is 1. The lowest BCUT2D eigenvalue weighted by molar-refractivity contribution is -0.111. The number of aromatic amines is 1. The van der Waals surface area contributed by atoms with Crippen molar-refractivity contribution >= 4 is 29.9 Å². The van der Waals surface area contributed by atoms with Crippen molar-refractivity contribution in [2.75, 3.05) is 13.1 Å². The number of aromatic nitrogens is 3. The molecule has 2 unspecified atom stereocenters. The molecule has 9 nitrogen and oxygen atoms in total. The summed E-state index contributed by atoms with van der Waals surface area (Å²) in [5.74, 6) is 1.06. The second-order valence-electron chi connectivity index (χ2n) is 8.68. The van der Waals surface area contributed by atoms with Gasteiger partial charge in [-0.25, -0.2) is 14.6 Å². The van der Waals surface area contributed by atoms with Crippen LogP contribution in [0.1, 0.15) is 55.5 Å². The lowest BCUT2D eigenvalue weighted by Crippen LogP contribution is -2.37. The molecule has 1 N–H and O–H groups in total. The molecule has 0 spiro atoms. The number of esters is 1. The third kappa shape index (κ3) is 4.54. The summed E-state index contributed by atoms with van der Waals surface area (Å²) in [6, 6.07) is 0. The number of carbonyl (C=O) groups excluding carboxylic acids is 3. The molecule has 1 saturated carbocycles. The molecule has 31 heavy (non-hydrogen) atoms. The topological polar surface area (TPSA) is 101 Å². The van der Waals surface area contributed by atoms with Crippen molar-refractivity contribution in [1.82, 2.24) is 19.5 Å². The fourth-order valence-electron chi connectivity index (χ4n) is 4.86. The van der Waals surface area contributed by atoms with E-state index in [2.05, 4.69) is 35.7 Å². The number of nitrogens with zero attached hydrogens (tertiary/aromatic N) is 4. The Labute approximate surface area is 181 Å². The van der Waals surface area contributed by atoms with E-state index in [1.54, 1.807) is 16.3 Å². The molecule has 0 amide bonds. The van der Waals surface area contributed by atoms with Crippen LogP contribution in [0.5, 0.6) is 0 Å². The van der Waals surface area contributed by atoms with E-state index in [0.717, 1.165) is 12.8 Å². The van der Waals surface area contributed by atoms with Gasteiger partial charge in [-0.2, -0.15) is 0 Å². The van der Waals surface area contributed by atoms with Gasteiger partial charge in [-0.1, -0.05) is 20.8 Å². The van der Waals surface area contributed by atoms with Gasteiger partial charge in [-0.15, -0.1) is 0 Å². The molecular weight excluding hydrogens is 398 g/mol. The Morgan fingerprint density at radius 3 is 2.42 bits per heavy atom. The molecule has 9 heteroatoms. The van der Waals surface area contributed by atoms with Gasteiger partial charge in [0.25, 0.3) is 0 Å². The standard InChI is InChI=1S/C22H29N5O4/c1-13-10-14(2)20(15(3)11-13)31-22(30)18-19(23-5)17(12-26(6-8-28)7-9-29)27-21(18)24-16(4)25-27/h8-9,13-15,20H,6-7,10-12H2,1-4H3,(H,24,25). The molecule has 0 radical (unpaired) electrons. The number of carbonyl (C=O) groups is 3. The number of H-pyrrole nitrogens is 1. The number of aryl methyl sites for hydroxylation is 1. The van der Waals surface area contributed by atoms with Crippen LogP contribution < -0.4 is 0 Å². The smallest absolute Gasteiger partial charge is 0.331 e. The molecule has 1 fully saturated rings. The third-order valence-corrected chi connectivity index (χ3v) is 6.03. The Balaban J connectivity index is 2.00. The first-order valence-electron chi connectivity index (χ1n) is 10.6. The first-order chi connectivity index (χ1) is 14.8. The summed E-state index contributed by atoms with van der Waals surface area (Å²) in [5.41, 5.74) is 1.06. The summed E-state index contributed by atoms with van der Waals surface area (Å²) in [7, 11) is 0. The van der Waals surface area contributed by atoms with E-state index in [0.29, 0.717) is 35.7 Å². The highest BCUT2D eigenvalue weighted by atomic mass is 16.5. The maximum absolute atomic E-state index is 13.3. The first-order valence-corrected chi connectivity index (χ1v) is 10.6. The van der Waals surface area contributed by atoms with Crippen molar-refractivity contribution in [2.24, 2.45) is 17.8 Å². The van der Waals surface area contributed by atoms with Crippen molar-refractivity contribution in [3.8, 4) is 0 Å². The van der Waals surface area contributed by atoms with Gasteiger partial charge in [0.1, 0.15) is 30.1 Å². The van der Waals surface area contributed by atoms with E-state index >= 15 is 0 Å².